The third-order valence-electron chi connectivity index (χ3n) is 3.77. The van der Waals surface area contributed by atoms with Crippen molar-refractivity contribution in [2.45, 2.75) is 32.7 Å². The quantitative estimate of drug-likeness (QED) is 0.857. The van der Waals surface area contributed by atoms with Crippen molar-refractivity contribution in [3.8, 4) is 0 Å². The number of amides is 1. The van der Waals surface area contributed by atoms with Gasteiger partial charge in [0.1, 0.15) is 6.54 Å². The van der Waals surface area contributed by atoms with Crippen molar-refractivity contribution in [2.24, 2.45) is 0 Å². The second kappa shape index (κ2) is 6.43. The summed E-state index contributed by atoms with van der Waals surface area (Å²) in [5, 5.41) is 9.98. The van der Waals surface area contributed by atoms with Crippen LogP contribution in [0.5, 0.6) is 0 Å². The van der Waals surface area contributed by atoms with Gasteiger partial charge in [-0.1, -0.05) is 25.1 Å². The molecule has 1 aromatic carbocycles. The summed E-state index contributed by atoms with van der Waals surface area (Å²) >= 11 is 0. The second-order valence-electron chi connectivity index (χ2n) is 5.21. The summed E-state index contributed by atoms with van der Waals surface area (Å²) in [5.74, 6) is -1.14. The fourth-order valence-electron chi connectivity index (χ4n) is 2.40. The molecule has 21 heavy (non-hydrogen) atoms. The normalized spacial score (nSPS) is 12.3. The number of aromatic nitrogens is 1. The molecule has 0 aliphatic carbocycles. The van der Waals surface area contributed by atoms with Crippen LogP contribution in [0, 0.1) is 0 Å². The molecule has 0 fully saturated rings. The van der Waals surface area contributed by atoms with Gasteiger partial charge in [-0.2, -0.15) is 0 Å². The van der Waals surface area contributed by atoms with Gasteiger partial charge in [0.15, 0.2) is 0 Å². The number of aromatic amines is 1. The Labute approximate surface area is 123 Å². The van der Waals surface area contributed by atoms with E-state index in [1.165, 1.54) is 4.90 Å². The zero-order valence-corrected chi connectivity index (χ0v) is 12.3. The minimum Gasteiger partial charge on any atom is -0.480 e. The maximum absolute atomic E-state index is 12.4. The Bertz CT molecular complexity index is 648. The molecule has 0 aliphatic heterocycles. The largest absolute Gasteiger partial charge is 0.480 e. The van der Waals surface area contributed by atoms with E-state index in [1.54, 1.807) is 0 Å². The molecule has 5 nitrogen and oxygen atoms in total. The SMILES string of the molecule is CCC(C)N(CC(=O)O)C(=O)Cc1c[nH]c2ccccc12. The number of nitrogens with one attached hydrogen (secondary N) is 1. The van der Waals surface area contributed by atoms with Crippen LogP contribution < -0.4 is 0 Å². The van der Waals surface area contributed by atoms with Crippen molar-refractivity contribution in [3.05, 3.63) is 36.0 Å². The lowest BCUT2D eigenvalue weighted by Crippen LogP contribution is -2.42. The van der Waals surface area contributed by atoms with Crippen LogP contribution in [-0.4, -0.2) is 39.5 Å². The van der Waals surface area contributed by atoms with Crippen molar-refractivity contribution in [1.29, 1.82) is 0 Å². The van der Waals surface area contributed by atoms with Crippen LogP contribution in [0.1, 0.15) is 25.8 Å². The fraction of sp³-hybridized carbons (Fsp3) is 0.375. The Balaban J connectivity index is 2.19. The van der Waals surface area contributed by atoms with Crippen LogP contribution in [-0.2, 0) is 16.0 Å². The van der Waals surface area contributed by atoms with Gasteiger partial charge >= 0.3 is 5.97 Å². The first-order chi connectivity index (χ1) is 10.0. The van der Waals surface area contributed by atoms with E-state index in [-0.39, 0.29) is 24.9 Å². The Morgan fingerprint density at radius 1 is 1.33 bits per heavy atom. The highest BCUT2D eigenvalue weighted by Crippen LogP contribution is 2.19. The number of rotatable bonds is 6. The summed E-state index contributed by atoms with van der Waals surface area (Å²) in [7, 11) is 0. The molecule has 2 N–H and O–H groups in total. The van der Waals surface area contributed by atoms with Gasteiger partial charge in [-0.3, -0.25) is 9.59 Å². The number of carbonyl (C=O) groups excluding carboxylic acids is 1. The van der Waals surface area contributed by atoms with Crippen molar-refractivity contribution < 1.29 is 14.7 Å². The molecule has 0 spiro atoms. The van der Waals surface area contributed by atoms with Crippen molar-refractivity contribution in [2.75, 3.05) is 6.54 Å². The van der Waals surface area contributed by atoms with Crippen LogP contribution in [0.3, 0.4) is 0 Å². The fourth-order valence-corrected chi connectivity index (χ4v) is 2.40. The van der Waals surface area contributed by atoms with Gasteiger partial charge < -0.3 is 15.0 Å². The molecule has 0 saturated heterocycles. The van der Waals surface area contributed by atoms with Crippen LogP contribution in [0.4, 0.5) is 0 Å². The van der Waals surface area contributed by atoms with Crippen LogP contribution in [0.25, 0.3) is 10.9 Å². The molecule has 0 bridgehead atoms. The van der Waals surface area contributed by atoms with Crippen LogP contribution in [0.2, 0.25) is 0 Å². The van der Waals surface area contributed by atoms with E-state index in [0.717, 1.165) is 22.9 Å². The minimum atomic E-state index is -0.984. The average molecular weight is 288 g/mol. The molecule has 1 heterocycles. The maximum Gasteiger partial charge on any atom is 0.323 e. The first-order valence-corrected chi connectivity index (χ1v) is 7.09. The molecule has 0 radical (unpaired) electrons. The Morgan fingerprint density at radius 3 is 2.71 bits per heavy atom. The van der Waals surface area contributed by atoms with E-state index in [9.17, 15) is 9.59 Å². The zero-order valence-electron chi connectivity index (χ0n) is 12.3. The molecular formula is C16H20N2O3. The molecule has 2 aromatic rings. The number of nitrogens with zero attached hydrogens (tertiary/aromatic N) is 1. The number of hydrogen-bond donors (Lipinski definition) is 2. The van der Waals surface area contributed by atoms with Crippen LogP contribution in [0.15, 0.2) is 30.5 Å². The highest BCUT2D eigenvalue weighted by Gasteiger charge is 2.22. The second-order valence-corrected chi connectivity index (χ2v) is 5.21. The smallest absolute Gasteiger partial charge is 0.323 e. The monoisotopic (exact) mass is 288 g/mol. The molecule has 2 rings (SSSR count). The summed E-state index contributed by atoms with van der Waals surface area (Å²) in [6.45, 7) is 3.56. The minimum absolute atomic E-state index is 0.0844. The number of H-pyrrole nitrogens is 1. The molecule has 5 heteroatoms. The third kappa shape index (κ3) is 3.42. The number of hydrogen-bond acceptors (Lipinski definition) is 2. The van der Waals surface area contributed by atoms with Crippen molar-refractivity contribution in [3.63, 3.8) is 0 Å². The number of carboxylic acid groups (broad SMARTS) is 1. The van der Waals surface area contributed by atoms with Gasteiger partial charge in [0, 0.05) is 23.1 Å². The number of fused-ring (bicyclic) bond motifs is 1. The van der Waals surface area contributed by atoms with Crippen molar-refractivity contribution >= 4 is 22.8 Å². The summed E-state index contributed by atoms with van der Waals surface area (Å²) in [5.41, 5.74) is 1.88. The van der Waals surface area contributed by atoms with E-state index in [0.29, 0.717) is 0 Å². The summed E-state index contributed by atoms with van der Waals surface area (Å²) < 4.78 is 0. The summed E-state index contributed by atoms with van der Waals surface area (Å²) in [4.78, 5) is 28.0. The van der Waals surface area contributed by atoms with Gasteiger partial charge in [-0.15, -0.1) is 0 Å². The number of aliphatic carboxylic acids is 1. The standard InChI is InChI=1S/C16H20N2O3/c1-3-11(2)18(10-16(20)21)15(19)8-12-9-17-14-7-5-4-6-13(12)14/h4-7,9,11,17H,3,8,10H2,1-2H3,(H,20,21). The highest BCUT2D eigenvalue weighted by molar-refractivity contribution is 5.90. The predicted octanol–water partition coefficient (Wildman–Crippen LogP) is 2.42. The van der Waals surface area contributed by atoms with E-state index in [1.807, 2.05) is 44.3 Å². The molecule has 1 atom stereocenters. The lowest BCUT2D eigenvalue weighted by Gasteiger charge is -2.26. The average Bonchev–Trinajstić information content (AvgIpc) is 2.87. The van der Waals surface area contributed by atoms with E-state index in [4.69, 9.17) is 5.11 Å². The predicted molar refractivity (Wildman–Crippen MR) is 81.1 cm³/mol. The highest BCUT2D eigenvalue weighted by atomic mass is 16.4. The van der Waals surface area contributed by atoms with E-state index < -0.39 is 5.97 Å². The molecule has 1 unspecified atom stereocenters. The Kier molecular flexibility index (Phi) is 4.62. The number of para-hydroxylation sites is 1. The molecule has 0 saturated carbocycles. The lowest BCUT2D eigenvalue weighted by atomic mass is 10.1. The Morgan fingerprint density at radius 2 is 2.05 bits per heavy atom. The van der Waals surface area contributed by atoms with Gasteiger partial charge in [-0.25, -0.2) is 0 Å². The third-order valence-corrected chi connectivity index (χ3v) is 3.77. The van der Waals surface area contributed by atoms with Gasteiger partial charge in [0.05, 0.1) is 6.42 Å². The molecular weight excluding hydrogens is 268 g/mol. The first kappa shape index (κ1) is 15.1. The topological polar surface area (TPSA) is 73.4 Å². The van der Waals surface area contributed by atoms with Crippen LogP contribution >= 0.6 is 0 Å². The van der Waals surface area contributed by atoms with Gasteiger partial charge in [0.2, 0.25) is 5.91 Å². The van der Waals surface area contributed by atoms with E-state index >= 15 is 0 Å². The van der Waals surface area contributed by atoms with E-state index in [2.05, 4.69) is 4.98 Å². The lowest BCUT2D eigenvalue weighted by molar-refractivity contribution is -0.145. The summed E-state index contributed by atoms with van der Waals surface area (Å²) in [6.07, 6.45) is 2.76. The van der Waals surface area contributed by atoms with Gasteiger partial charge in [-0.05, 0) is 25.0 Å². The molecule has 1 aromatic heterocycles. The van der Waals surface area contributed by atoms with Gasteiger partial charge in [0.25, 0.3) is 0 Å². The maximum atomic E-state index is 12.4. The molecule has 0 aliphatic rings. The number of carboxylic acids is 1. The Hall–Kier alpha value is -2.30. The molecule has 1 amide bonds. The van der Waals surface area contributed by atoms with Crippen molar-refractivity contribution in [1.82, 2.24) is 9.88 Å². The number of carbonyl (C=O) groups is 2. The molecule has 112 valence electrons. The summed E-state index contributed by atoms with van der Waals surface area (Å²) in [6, 6.07) is 7.68. The zero-order chi connectivity index (χ0) is 15.4. The number of benzene rings is 1. The first-order valence-electron chi connectivity index (χ1n) is 7.09.